The molecule has 1 atom stereocenters. The van der Waals surface area contributed by atoms with Gasteiger partial charge >= 0.3 is 0 Å². The zero-order valence-electron chi connectivity index (χ0n) is 11.1. The van der Waals surface area contributed by atoms with E-state index in [4.69, 9.17) is 0 Å². The molecule has 2 rings (SSSR count). The lowest BCUT2D eigenvalue weighted by molar-refractivity contribution is 0.127. The quantitative estimate of drug-likeness (QED) is 0.855. The third-order valence-corrected chi connectivity index (χ3v) is 3.11. The molecule has 100 valence electrons. The third kappa shape index (κ3) is 4.43. The average Bonchev–Trinajstić information content (AvgIpc) is 2.47. The summed E-state index contributed by atoms with van der Waals surface area (Å²) in [6, 6.07) is 7.74. The van der Waals surface area contributed by atoms with Gasteiger partial charge in [-0.1, -0.05) is 0 Å². The van der Waals surface area contributed by atoms with Crippen LogP contribution in [0.25, 0.3) is 0 Å². The van der Waals surface area contributed by atoms with Gasteiger partial charge in [-0.25, -0.2) is 0 Å². The number of nitrogens with zero attached hydrogens (tertiary/aromatic N) is 3. The van der Waals surface area contributed by atoms with Gasteiger partial charge in [0.25, 0.3) is 0 Å². The summed E-state index contributed by atoms with van der Waals surface area (Å²) in [4.78, 5) is 10.1. The van der Waals surface area contributed by atoms with Crippen molar-refractivity contribution in [3.05, 3.63) is 60.2 Å². The van der Waals surface area contributed by atoms with Crippen molar-refractivity contribution in [2.24, 2.45) is 0 Å². The van der Waals surface area contributed by atoms with Crippen LogP contribution in [0.15, 0.2) is 49.1 Å². The normalized spacial score (nSPS) is 12.6. The van der Waals surface area contributed by atoms with E-state index >= 15 is 0 Å². The predicted octanol–water partition coefficient (Wildman–Crippen LogP) is 1.68. The molecule has 0 radical (unpaired) electrons. The van der Waals surface area contributed by atoms with E-state index in [1.807, 2.05) is 31.3 Å². The maximum Gasteiger partial charge on any atom is 0.0917 e. The molecule has 0 saturated carbocycles. The van der Waals surface area contributed by atoms with Gasteiger partial charge in [0.05, 0.1) is 6.10 Å². The second-order valence-electron chi connectivity index (χ2n) is 4.66. The molecule has 0 aliphatic carbocycles. The highest BCUT2D eigenvalue weighted by atomic mass is 16.3. The predicted molar refractivity (Wildman–Crippen MR) is 74.6 cm³/mol. The third-order valence-electron chi connectivity index (χ3n) is 3.11. The van der Waals surface area contributed by atoms with Gasteiger partial charge in [0.15, 0.2) is 0 Å². The monoisotopic (exact) mass is 257 g/mol. The molecule has 1 unspecified atom stereocenters. The Morgan fingerprint density at radius 2 is 1.63 bits per heavy atom. The smallest absolute Gasteiger partial charge is 0.0917 e. The SMILES string of the molecule is CN(CCc1ccncc1)CC(O)c1ccncc1. The van der Waals surface area contributed by atoms with Crippen LogP contribution in [0.1, 0.15) is 17.2 Å². The van der Waals surface area contributed by atoms with Gasteiger partial charge in [0, 0.05) is 37.9 Å². The van der Waals surface area contributed by atoms with E-state index in [1.165, 1.54) is 5.56 Å². The minimum absolute atomic E-state index is 0.467. The lowest BCUT2D eigenvalue weighted by Crippen LogP contribution is -2.26. The van der Waals surface area contributed by atoms with Gasteiger partial charge in [0.2, 0.25) is 0 Å². The van der Waals surface area contributed by atoms with Crippen LogP contribution in [0, 0.1) is 0 Å². The summed E-state index contributed by atoms with van der Waals surface area (Å²) in [5.74, 6) is 0. The van der Waals surface area contributed by atoms with Crippen LogP contribution in [-0.2, 0) is 6.42 Å². The highest BCUT2D eigenvalue weighted by Crippen LogP contribution is 2.12. The molecular weight excluding hydrogens is 238 g/mol. The Balaban J connectivity index is 1.80. The van der Waals surface area contributed by atoms with Gasteiger partial charge in [-0.05, 0) is 48.9 Å². The molecule has 0 aliphatic heterocycles. The van der Waals surface area contributed by atoms with Crippen LogP contribution in [0.5, 0.6) is 0 Å². The van der Waals surface area contributed by atoms with Crippen molar-refractivity contribution in [1.82, 2.24) is 14.9 Å². The summed E-state index contributed by atoms with van der Waals surface area (Å²) in [6.45, 7) is 1.53. The highest BCUT2D eigenvalue weighted by Gasteiger charge is 2.10. The fourth-order valence-electron chi connectivity index (χ4n) is 1.95. The Morgan fingerprint density at radius 3 is 2.26 bits per heavy atom. The molecule has 0 aliphatic rings. The summed E-state index contributed by atoms with van der Waals surface area (Å²) >= 11 is 0. The molecular formula is C15H19N3O. The standard InChI is InChI=1S/C15H19N3O/c1-18(11-6-13-2-7-16-8-3-13)12-15(19)14-4-9-17-10-5-14/h2-5,7-10,15,19H,6,11-12H2,1H3. The summed E-state index contributed by atoms with van der Waals surface area (Å²) in [5, 5.41) is 10.1. The Bertz CT molecular complexity index is 475. The number of aliphatic hydroxyl groups excluding tert-OH is 1. The molecule has 4 heteroatoms. The zero-order chi connectivity index (χ0) is 13.5. The number of likely N-dealkylation sites (N-methyl/N-ethyl adjacent to an activating group) is 1. The Kier molecular flexibility index (Phi) is 5.01. The molecule has 0 spiro atoms. The van der Waals surface area contributed by atoms with Crippen molar-refractivity contribution >= 4 is 0 Å². The van der Waals surface area contributed by atoms with Crippen molar-refractivity contribution in [1.29, 1.82) is 0 Å². The number of hydrogen-bond acceptors (Lipinski definition) is 4. The highest BCUT2D eigenvalue weighted by molar-refractivity contribution is 5.13. The molecule has 4 nitrogen and oxygen atoms in total. The molecule has 2 aromatic heterocycles. The molecule has 2 aromatic rings. The Morgan fingerprint density at radius 1 is 1.05 bits per heavy atom. The van der Waals surface area contributed by atoms with Crippen LogP contribution in [0.3, 0.4) is 0 Å². The van der Waals surface area contributed by atoms with Gasteiger partial charge in [-0.2, -0.15) is 0 Å². The van der Waals surface area contributed by atoms with Crippen molar-refractivity contribution in [2.75, 3.05) is 20.1 Å². The first-order valence-corrected chi connectivity index (χ1v) is 6.41. The number of aromatic nitrogens is 2. The summed E-state index contributed by atoms with van der Waals surface area (Å²) in [6.07, 6.45) is 7.51. The van der Waals surface area contributed by atoms with Gasteiger partial charge < -0.3 is 10.0 Å². The topological polar surface area (TPSA) is 49.2 Å². The van der Waals surface area contributed by atoms with E-state index in [2.05, 4.69) is 14.9 Å². The average molecular weight is 257 g/mol. The van der Waals surface area contributed by atoms with Gasteiger partial charge in [0.1, 0.15) is 0 Å². The van der Waals surface area contributed by atoms with Crippen molar-refractivity contribution < 1.29 is 5.11 Å². The van der Waals surface area contributed by atoms with Crippen molar-refractivity contribution in [3.8, 4) is 0 Å². The minimum atomic E-state index is -0.467. The van der Waals surface area contributed by atoms with Crippen LogP contribution in [0.2, 0.25) is 0 Å². The zero-order valence-corrected chi connectivity index (χ0v) is 11.1. The second kappa shape index (κ2) is 6.97. The number of rotatable bonds is 6. The van der Waals surface area contributed by atoms with Crippen molar-refractivity contribution in [2.45, 2.75) is 12.5 Å². The fraction of sp³-hybridized carbons (Fsp3) is 0.333. The summed E-state index contributed by atoms with van der Waals surface area (Å²) in [5.41, 5.74) is 2.17. The molecule has 0 aromatic carbocycles. The van der Waals surface area contributed by atoms with E-state index in [1.54, 1.807) is 24.8 Å². The van der Waals surface area contributed by atoms with Crippen LogP contribution in [0.4, 0.5) is 0 Å². The maximum atomic E-state index is 10.1. The first-order valence-electron chi connectivity index (χ1n) is 6.41. The number of pyridine rings is 2. The van der Waals surface area contributed by atoms with Crippen LogP contribution >= 0.6 is 0 Å². The lowest BCUT2D eigenvalue weighted by atomic mass is 10.1. The van der Waals surface area contributed by atoms with E-state index < -0.39 is 6.10 Å². The van der Waals surface area contributed by atoms with E-state index in [9.17, 15) is 5.11 Å². The van der Waals surface area contributed by atoms with Crippen LogP contribution in [-0.4, -0.2) is 40.1 Å². The van der Waals surface area contributed by atoms with Gasteiger partial charge in [-0.15, -0.1) is 0 Å². The lowest BCUT2D eigenvalue weighted by Gasteiger charge is -2.20. The summed E-state index contributed by atoms with van der Waals surface area (Å²) < 4.78 is 0. The number of aliphatic hydroxyl groups is 1. The Labute approximate surface area is 113 Å². The molecule has 0 bridgehead atoms. The molecule has 0 amide bonds. The fourth-order valence-corrected chi connectivity index (χ4v) is 1.95. The van der Waals surface area contributed by atoms with E-state index in [0.29, 0.717) is 6.54 Å². The molecule has 1 N–H and O–H groups in total. The molecule has 19 heavy (non-hydrogen) atoms. The second-order valence-corrected chi connectivity index (χ2v) is 4.66. The Hall–Kier alpha value is -1.78. The first-order chi connectivity index (χ1) is 9.25. The van der Waals surface area contributed by atoms with Gasteiger partial charge in [-0.3, -0.25) is 9.97 Å². The molecule has 2 heterocycles. The largest absolute Gasteiger partial charge is 0.387 e. The molecule has 0 saturated heterocycles. The van der Waals surface area contributed by atoms with E-state index in [0.717, 1.165) is 18.5 Å². The number of hydrogen-bond donors (Lipinski definition) is 1. The summed E-state index contributed by atoms with van der Waals surface area (Å²) in [7, 11) is 2.02. The minimum Gasteiger partial charge on any atom is -0.387 e. The van der Waals surface area contributed by atoms with E-state index in [-0.39, 0.29) is 0 Å². The molecule has 0 fully saturated rings. The van der Waals surface area contributed by atoms with Crippen LogP contribution < -0.4 is 0 Å². The van der Waals surface area contributed by atoms with Crippen molar-refractivity contribution in [3.63, 3.8) is 0 Å². The maximum absolute atomic E-state index is 10.1. The first kappa shape index (κ1) is 13.6.